The number of ether oxygens (including phenoxy) is 1. The van der Waals surface area contributed by atoms with Crippen molar-refractivity contribution in [3.63, 3.8) is 0 Å². The fraction of sp³-hybridized carbons (Fsp3) is 0.385. The maximum absolute atomic E-state index is 9.45. The molecule has 2 radical (unpaired) electrons. The highest BCUT2D eigenvalue weighted by Gasteiger charge is 2.33. The van der Waals surface area contributed by atoms with Gasteiger partial charge in [0.15, 0.2) is 0 Å². The van der Waals surface area contributed by atoms with Gasteiger partial charge in [0.25, 0.3) is 0 Å². The predicted octanol–water partition coefficient (Wildman–Crippen LogP) is 0.635. The summed E-state index contributed by atoms with van der Waals surface area (Å²) in [6.45, 7) is -0.118. The van der Waals surface area contributed by atoms with E-state index >= 15 is 0 Å². The summed E-state index contributed by atoms with van der Waals surface area (Å²) < 4.78 is 6.94. The zero-order valence-corrected chi connectivity index (χ0v) is 12.2. The third-order valence-corrected chi connectivity index (χ3v) is 3.63. The summed E-state index contributed by atoms with van der Waals surface area (Å²) in [6, 6.07) is 1.76. The lowest BCUT2D eigenvalue weighted by molar-refractivity contribution is -0.0138. The Morgan fingerprint density at radius 3 is 2.95 bits per heavy atom. The molecule has 21 heavy (non-hydrogen) atoms. The molecule has 8 heteroatoms. The maximum atomic E-state index is 9.45. The molecule has 0 fully saturated rings. The summed E-state index contributed by atoms with van der Waals surface area (Å²) >= 11 is 5.82. The molecular weight excluding hydrogens is 290 g/mol. The highest BCUT2D eigenvalue weighted by molar-refractivity contribution is 6.28. The molecule has 2 atom stereocenters. The Morgan fingerprint density at radius 2 is 2.38 bits per heavy atom. The molecule has 0 aliphatic carbocycles. The lowest BCUT2D eigenvalue weighted by Crippen LogP contribution is -2.41. The van der Waals surface area contributed by atoms with Gasteiger partial charge in [0, 0.05) is 19.9 Å². The molecule has 108 valence electrons. The van der Waals surface area contributed by atoms with Crippen molar-refractivity contribution in [2.45, 2.75) is 18.0 Å². The number of fused-ring (bicyclic) bond motifs is 1. The van der Waals surface area contributed by atoms with Crippen LogP contribution in [0.3, 0.4) is 0 Å². The number of terminal acetylenes is 1. The summed E-state index contributed by atoms with van der Waals surface area (Å²) in [5.41, 5.74) is 5.07. The molecule has 2 heterocycles. The molecule has 0 bridgehead atoms. The molecule has 0 saturated carbocycles. The van der Waals surface area contributed by atoms with Gasteiger partial charge >= 0.3 is 0 Å². The molecular formula is C13H14BClN4O2. The van der Waals surface area contributed by atoms with Gasteiger partial charge < -0.3 is 20.1 Å². The van der Waals surface area contributed by atoms with Gasteiger partial charge in [-0.2, -0.15) is 4.98 Å². The van der Waals surface area contributed by atoms with Crippen LogP contribution in [0.15, 0.2) is 12.3 Å². The second-order valence-corrected chi connectivity index (χ2v) is 4.92. The number of anilines is 1. The van der Waals surface area contributed by atoms with E-state index in [1.54, 1.807) is 16.8 Å². The van der Waals surface area contributed by atoms with Crippen LogP contribution < -0.4 is 5.73 Å². The van der Waals surface area contributed by atoms with Crippen LogP contribution in [0.25, 0.3) is 11.0 Å². The van der Waals surface area contributed by atoms with E-state index in [0.717, 1.165) is 0 Å². The summed E-state index contributed by atoms with van der Waals surface area (Å²) in [4.78, 5) is 8.02. The minimum Gasteiger partial charge on any atom is -0.392 e. The average molecular weight is 305 g/mol. The largest absolute Gasteiger partial charge is 0.392 e. The normalized spacial score (nSPS) is 15.5. The Hall–Kier alpha value is -1.75. The van der Waals surface area contributed by atoms with Crippen LogP contribution in [0.4, 0.5) is 5.82 Å². The van der Waals surface area contributed by atoms with E-state index in [1.165, 1.54) is 7.11 Å². The van der Waals surface area contributed by atoms with Gasteiger partial charge in [-0.15, -0.1) is 6.42 Å². The van der Waals surface area contributed by atoms with Gasteiger partial charge in [0.1, 0.15) is 17.1 Å². The summed E-state index contributed by atoms with van der Waals surface area (Å²) in [5, 5.41) is 10.2. The molecule has 0 saturated heterocycles. The molecule has 2 aromatic heterocycles. The fourth-order valence-corrected chi connectivity index (χ4v) is 2.28. The van der Waals surface area contributed by atoms with Crippen molar-refractivity contribution in [2.24, 2.45) is 0 Å². The Morgan fingerprint density at radius 1 is 1.67 bits per heavy atom. The average Bonchev–Trinajstić information content (AvgIpc) is 2.85. The van der Waals surface area contributed by atoms with Crippen LogP contribution in [-0.2, 0) is 11.3 Å². The Kier molecular flexibility index (Phi) is 4.42. The van der Waals surface area contributed by atoms with Crippen molar-refractivity contribution in [1.29, 1.82) is 0 Å². The first-order valence-electron chi connectivity index (χ1n) is 6.14. The van der Waals surface area contributed by atoms with Gasteiger partial charge in [-0.3, -0.25) is 0 Å². The van der Waals surface area contributed by atoms with E-state index in [1.807, 2.05) is 0 Å². The van der Waals surface area contributed by atoms with Crippen LogP contribution in [0, 0.1) is 12.3 Å². The van der Waals surface area contributed by atoms with Gasteiger partial charge in [-0.1, -0.05) is 5.92 Å². The summed E-state index contributed by atoms with van der Waals surface area (Å²) in [6.07, 6.45) is 7.18. The number of hydrogen-bond donors (Lipinski definition) is 2. The standard InChI is InChI=1S/C13H14BClN4O2/c1-3-13(7-20,21-2)9(14)6-19-5-4-8-10(16)17-12(15)18-11(8)19/h1,4-5,9,20H,6-7H2,2H3,(H2,16,17,18)/t9-,13-/m1/s1. The Balaban J connectivity index is 2.39. The minimum absolute atomic E-state index is 0.0469. The van der Waals surface area contributed by atoms with Crippen LogP contribution >= 0.6 is 11.6 Å². The number of nitrogen functional groups attached to an aromatic ring is 1. The van der Waals surface area contributed by atoms with Gasteiger partial charge in [-0.25, -0.2) is 4.98 Å². The first kappa shape index (κ1) is 15.6. The first-order valence-corrected chi connectivity index (χ1v) is 6.52. The third kappa shape index (κ3) is 2.70. The van der Waals surface area contributed by atoms with Crippen molar-refractivity contribution in [1.82, 2.24) is 14.5 Å². The molecule has 0 aromatic carbocycles. The van der Waals surface area contributed by atoms with Gasteiger partial charge in [0.2, 0.25) is 5.28 Å². The van der Waals surface area contributed by atoms with Crippen molar-refractivity contribution in [3.8, 4) is 12.3 Å². The summed E-state index contributed by atoms with van der Waals surface area (Å²) in [5.74, 6) is 2.04. The third-order valence-electron chi connectivity index (χ3n) is 3.46. The zero-order chi connectivity index (χ0) is 15.6. The second-order valence-electron chi connectivity index (χ2n) is 4.59. The molecule has 0 unspecified atom stereocenters. The molecule has 0 aliphatic heterocycles. The maximum Gasteiger partial charge on any atom is 0.226 e. The van der Waals surface area contributed by atoms with Crippen LogP contribution in [0.1, 0.15) is 0 Å². The van der Waals surface area contributed by atoms with E-state index in [-0.39, 0.29) is 17.6 Å². The minimum atomic E-state index is -1.26. The number of nitrogens with two attached hydrogens (primary N) is 1. The quantitative estimate of drug-likeness (QED) is 0.481. The molecule has 6 nitrogen and oxygen atoms in total. The molecule has 3 N–H and O–H groups in total. The van der Waals surface area contributed by atoms with E-state index < -0.39 is 18.0 Å². The number of rotatable bonds is 5. The van der Waals surface area contributed by atoms with Crippen LogP contribution in [0.2, 0.25) is 11.1 Å². The Labute approximate surface area is 128 Å². The van der Waals surface area contributed by atoms with E-state index in [9.17, 15) is 5.11 Å². The molecule has 2 rings (SSSR count). The summed E-state index contributed by atoms with van der Waals surface area (Å²) in [7, 11) is 7.49. The smallest absolute Gasteiger partial charge is 0.226 e. The monoisotopic (exact) mass is 304 g/mol. The lowest BCUT2D eigenvalue weighted by Gasteiger charge is -2.32. The topological polar surface area (TPSA) is 86.2 Å². The number of halogens is 1. The number of hydrogen-bond acceptors (Lipinski definition) is 5. The lowest BCUT2D eigenvalue weighted by atomic mass is 9.73. The number of aliphatic hydroxyl groups excluding tert-OH is 1. The predicted molar refractivity (Wildman–Crippen MR) is 82.1 cm³/mol. The highest BCUT2D eigenvalue weighted by Crippen LogP contribution is 2.28. The highest BCUT2D eigenvalue weighted by atomic mass is 35.5. The van der Waals surface area contributed by atoms with E-state index in [4.69, 9.17) is 36.3 Å². The molecule has 2 aromatic rings. The SMILES string of the molecule is [B][C@H](Cn1ccc2c(N)nc(Cl)nc21)[C@@](C#C)(CO)OC. The number of aromatic nitrogens is 3. The van der Waals surface area contributed by atoms with Crippen LogP contribution in [-0.4, -0.2) is 46.8 Å². The number of methoxy groups -OCH3 is 1. The molecule has 0 amide bonds. The molecule has 0 spiro atoms. The number of aliphatic hydroxyl groups is 1. The van der Waals surface area contributed by atoms with Crippen molar-refractivity contribution in [2.75, 3.05) is 19.5 Å². The molecule has 0 aliphatic rings. The van der Waals surface area contributed by atoms with Crippen molar-refractivity contribution in [3.05, 3.63) is 17.5 Å². The van der Waals surface area contributed by atoms with Gasteiger partial charge in [0.05, 0.1) is 19.8 Å². The number of nitrogens with zero attached hydrogens (tertiary/aromatic N) is 3. The Bertz CT molecular complexity index is 693. The first-order chi connectivity index (χ1) is 9.97. The fourth-order valence-electron chi connectivity index (χ4n) is 2.11. The van der Waals surface area contributed by atoms with Gasteiger partial charge in [-0.05, 0) is 23.5 Å². The second kappa shape index (κ2) is 5.94. The van der Waals surface area contributed by atoms with E-state index in [0.29, 0.717) is 11.0 Å². The van der Waals surface area contributed by atoms with Crippen molar-refractivity contribution < 1.29 is 9.84 Å². The van der Waals surface area contributed by atoms with Crippen LogP contribution in [0.5, 0.6) is 0 Å². The zero-order valence-electron chi connectivity index (χ0n) is 11.5. The van der Waals surface area contributed by atoms with Crippen molar-refractivity contribution >= 4 is 36.3 Å². The van der Waals surface area contributed by atoms with E-state index in [2.05, 4.69) is 15.9 Å².